The summed E-state index contributed by atoms with van der Waals surface area (Å²) in [6, 6.07) is 2.12. The topological polar surface area (TPSA) is 55.9 Å². The van der Waals surface area contributed by atoms with Crippen LogP contribution in [-0.2, 0) is 7.05 Å². The minimum absolute atomic E-state index is 0.128. The van der Waals surface area contributed by atoms with E-state index in [1.54, 1.807) is 6.20 Å². The van der Waals surface area contributed by atoms with E-state index < -0.39 is 0 Å². The number of nitrogens with one attached hydrogen (secondary N) is 1. The first-order valence-corrected chi connectivity index (χ1v) is 6.32. The molecule has 0 spiro atoms. The second kappa shape index (κ2) is 5.35. The van der Waals surface area contributed by atoms with Gasteiger partial charge in [-0.05, 0) is 32.9 Å². The van der Waals surface area contributed by atoms with E-state index in [4.69, 9.17) is 4.42 Å². The molecule has 1 N–H and O–H groups in total. The summed E-state index contributed by atoms with van der Waals surface area (Å²) in [6.45, 7) is 7.16. The zero-order chi connectivity index (χ0) is 13.1. The maximum absolute atomic E-state index is 5.75. The first-order chi connectivity index (χ1) is 8.61. The van der Waals surface area contributed by atoms with Crippen LogP contribution in [0.25, 0.3) is 11.5 Å². The number of hydrogen-bond donors (Lipinski definition) is 1. The number of rotatable bonds is 5. The first-order valence-electron chi connectivity index (χ1n) is 6.32. The van der Waals surface area contributed by atoms with Gasteiger partial charge in [0, 0.05) is 12.7 Å². The van der Waals surface area contributed by atoms with Crippen molar-refractivity contribution in [3.05, 3.63) is 23.8 Å². The molecule has 18 heavy (non-hydrogen) atoms. The number of aryl methyl sites for hydroxylation is 2. The molecule has 5 nitrogen and oxygen atoms in total. The van der Waals surface area contributed by atoms with Crippen molar-refractivity contribution in [3.8, 4) is 11.5 Å². The Balaban J connectivity index is 2.14. The Morgan fingerprint density at radius 3 is 2.89 bits per heavy atom. The zero-order valence-corrected chi connectivity index (χ0v) is 11.4. The smallest absolute Gasteiger partial charge is 0.211 e. The highest BCUT2D eigenvalue weighted by Crippen LogP contribution is 2.22. The fourth-order valence-corrected chi connectivity index (χ4v) is 1.74. The Morgan fingerprint density at radius 1 is 1.50 bits per heavy atom. The van der Waals surface area contributed by atoms with Gasteiger partial charge < -0.3 is 9.73 Å². The van der Waals surface area contributed by atoms with Crippen LogP contribution in [0.1, 0.15) is 37.9 Å². The number of hydrogen-bond acceptors (Lipinski definition) is 4. The zero-order valence-electron chi connectivity index (χ0n) is 11.4. The molecule has 0 radical (unpaired) electrons. The molecule has 2 aromatic heterocycles. The monoisotopic (exact) mass is 248 g/mol. The van der Waals surface area contributed by atoms with E-state index in [2.05, 4.69) is 29.2 Å². The van der Waals surface area contributed by atoms with Gasteiger partial charge in [-0.2, -0.15) is 5.10 Å². The Bertz CT molecular complexity index is 495. The summed E-state index contributed by atoms with van der Waals surface area (Å²) >= 11 is 0. The summed E-state index contributed by atoms with van der Waals surface area (Å²) in [5, 5.41) is 7.73. The summed E-state index contributed by atoms with van der Waals surface area (Å²) in [4.78, 5) is 4.31. The normalized spacial score (nSPS) is 12.9. The minimum atomic E-state index is 0.128. The molecule has 0 saturated carbocycles. The van der Waals surface area contributed by atoms with Crippen LogP contribution in [0.3, 0.4) is 0 Å². The van der Waals surface area contributed by atoms with Crippen LogP contribution in [-0.4, -0.2) is 21.3 Å². The number of oxazole rings is 1. The lowest BCUT2D eigenvalue weighted by Crippen LogP contribution is -2.19. The van der Waals surface area contributed by atoms with Gasteiger partial charge in [0.25, 0.3) is 0 Å². The second-order valence-electron chi connectivity index (χ2n) is 4.53. The largest absolute Gasteiger partial charge is 0.437 e. The highest BCUT2D eigenvalue weighted by Gasteiger charge is 2.14. The van der Waals surface area contributed by atoms with Gasteiger partial charge in [-0.25, -0.2) is 4.98 Å². The van der Waals surface area contributed by atoms with E-state index in [1.807, 2.05) is 24.7 Å². The highest BCUT2D eigenvalue weighted by molar-refractivity contribution is 5.51. The fourth-order valence-electron chi connectivity index (χ4n) is 1.74. The first kappa shape index (κ1) is 12.8. The molecule has 98 valence electrons. The third kappa shape index (κ3) is 2.61. The summed E-state index contributed by atoms with van der Waals surface area (Å²) in [6.07, 6.45) is 2.83. The molecule has 0 aliphatic rings. The van der Waals surface area contributed by atoms with Crippen LogP contribution < -0.4 is 5.32 Å². The molecule has 2 heterocycles. The van der Waals surface area contributed by atoms with E-state index in [-0.39, 0.29) is 6.04 Å². The Kier molecular flexibility index (Phi) is 3.81. The fraction of sp³-hybridized carbons (Fsp3) is 0.538. The highest BCUT2D eigenvalue weighted by atomic mass is 16.4. The van der Waals surface area contributed by atoms with Crippen LogP contribution in [0.5, 0.6) is 0 Å². The molecule has 1 atom stereocenters. The van der Waals surface area contributed by atoms with Crippen molar-refractivity contribution in [2.24, 2.45) is 7.05 Å². The van der Waals surface area contributed by atoms with Crippen molar-refractivity contribution in [1.82, 2.24) is 20.1 Å². The lowest BCUT2D eigenvalue weighted by Gasteiger charge is -2.08. The van der Waals surface area contributed by atoms with Gasteiger partial charge in [0.05, 0.1) is 12.2 Å². The van der Waals surface area contributed by atoms with Gasteiger partial charge in [-0.1, -0.05) is 6.92 Å². The molecule has 0 bridgehead atoms. The van der Waals surface area contributed by atoms with Crippen LogP contribution in [0.4, 0.5) is 0 Å². The average Bonchev–Trinajstić information content (AvgIpc) is 2.94. The van der Waals surface area contributed by atoms with Crippen molar-refractivity contribution in [2.75, 3.05) is 6.54 Å². The van der Waals surface area contributed by atoms with E-state index in [9.17, 15) is 0 Å². The van der Waals surface area contributed by atoms with Crippen LogP contribution in [0, 0.1) is 6.92 Å². The number of nitrogens with zero attached hydrogens (tertiary/aromatic N) is 3. The van der Waals surface area contributed by atoms with Gasteiger partial charge in [-0.15, -0.1) is 0 Å². The second-order valence-corrected chi connectivity index (χ2v) is 4.53. The third-order valence-electron chi connectivity index (χ3n) is 2.96. The third-order valence-corrected chi connectivity index (χ3v) is 2.96. The van der Waals surface area contributed by atoms with Gasteiger partial charge in [0.15, 0.2) is 5.76 Å². The molecule has 0 aliphatic heterocycles. The van der Waals surface area contributed by atoms with E-state index in [0.717, 1.165) is 30.1 Å². The Morgan fingerprint density at radius 2 is 2.28 bits per heavy atom. The predicted octanol–water partition coefficient (Wildman–Crippen LogP) is 2.44. The van der Waals surface area contributed by atoms with Crippen molar-refractivity contribution in [2.45, 2.75) is 33.2 Å². The quantitative estimate of drug-likeness (QED) is 0.883. The lowest BCUT2D eigenvalue weighted by atomic mass is 10.3. The molecule has 2 aromatic rings. The summed E-state index contributed by atoms with van der Waals surface area (Å²) in [5.74, 6) is 1.43. The molecular weight excluding hydrogens is 228 g/mol. The molecule has 1 unspecified atom stereocenters. The minimum Gasteiger partial charge on any atom is -0.437 e. The molecule has 2 rings (SSSR count). The van der Waals surface area contributed by atoms with Crippen molar-refractivity contribution in [1.29, 1.82) is 0 Å². The van der Waals surface area contributed by atoms with Crippen LogP contribution in [0.15, 0.2) is 16.7 Å². The molecule has 0 amide bonds. The van der Waals surface area contributed by atoms with Gasteiger partial charge in [0.2, 0.25) is 5.89 Å². The summed E-state index contributed by atoms with van der Waals surface area (Å²) in [7, 11) is 1.92. The van der Waals surface area contributed by atoms with Crippen LogP contribution >= 0.6 is 0 Å². The van der Waals surface area contributed by atoms with Gasteiger partial charge in [0.1, 0.15) is 5.69 Å². The predicted molar refractivity (Wildman–Crippen MR) is 70.2 cm³/mol. The summed E-state index contributed by atoms with van der Waals surface area (Å²) in [5.41, 5.74) is 1.93. The van der Waals surface area contributed by atoms with Crippen molar-refractivity contribution >= 4 is 0 Å². The van der Waals surface area contributed by atoms with Gasteiger partial charge in [-0.3, -0.25) is 4.68 Å². The van der Waals surface area contributed by atoms with E-state index in [1.165, 1.54) is 0 Å². The standard InChI is InChI=1S/C13H20N4O/c1-5-6-14-10(3)13-15-8-12(18-13)11-7-9(2)17(4)16-11/h7-8,10,14H,5-6H2,1-4H3. The van der Waals surface area contributed by atoms with Crippen molar-refractivity contribution in [3.63, 3.8) is 0 Å². The SMILES string of the molecule is CCCNC(C)c1ncc(-c2cc(C)n(C)n2)o1. The number of aromatic nitrogens is 3. The molecule has 0 aliphatic carbocycles. The lowest BCUT2D eigenvalue weighted by molar-refractivity contribution is 0.422. The molecule has 5 heteroatoms. The van der Waals surface area contributed by atoms with Gasteiger partial charge >= 0.3 is 0 Å². The average molecular weight is 248 g/mol. The summed E-state index contributed by atoms with van der Waals surface area (Å²) < 4.78 is 7.58. The molecule has 0 fully saturated rings. The molecule has 0 saturated heterocycles. The maximum atomic E-state index is 5.75. The van der Waals surface area contributed by atoms with E-state index >= 15 is 0 Å². The maximum Gasteiger partial charge on any atom is 0.211 e. The molecule has 0 aromatic carbocycles. The van der Waals surface area contributed by atoms with Crippen molar-refractivity contribution < 1.29 is 4.42 Å². The molecular formula is C13H20N4O. The Hall–Kier alpha value is -1.62. The van der Waals surface area contributed by atoms with Crippen LogP contribution in [0.2, 0.25) is 0 Å². The Labute approximate surface area is 107 Å². The van der Waals surface area contributed by atoms with E-state index in [0.29, 0.717) is 5.89 Å².